The molecule has 4 nitrogen and oxygen atoms in total. The van der Waals surface area contributed by atoms with Crippen LogP contribution in [0.3, 0.4) is 0 Å². The molecular weight excluding hydrogens is 212 g/mol. The maximum absolute atomic E-state index is 10.8. The normalized spacial score (nSPS) is 11.6. The van der Waals surface area contributed by atoms with Crippen LogP contribution in [-0.4, -0.2) is 15.0 Å². The van der Waals surface area contributed by atoms with E-state index in [0.29, 0.717) is 0 Å². The van der Waals surface area contributed by atoms with Gasteiger partial charge >= 0.3 is 0 Å². The summed E-state index contributed by atoms with van der Waals surface area (Å²) in [7, 11) is -3.42. The summed E-state index contributed by atoms with van der Waals surface area (Å²) < 4.78 is 21.6. The molecular formula is C10H16N2O2S. The lowest BCUT2D eigenvalue weighted by atomic mass is 10.1. The molecule has 3 N–H and O–H groups in total. The van der Waals surface area contributed by atoms with Crippen LogP contribution in [0, 0.1) is 0 Å². The Morgan fingerprint density at radius 3 is 2.20 bits per heavy atom. The standard InChI is InChI=1S/C10H16N2O2S/c1-2-12-7-9-3-5-10(6-4-9)8-15(11,13)14/h3-6,12H,2,7-8H2,1H3,(H2,11,13,14). The number of nitrogens with two attached hydrogens (primary N) is 1. The van der Waals surface area contributed by atoms with Crippen LogP contribution >= 0.6 is 0 Å². The molecule has 5 heteroatoms. The molecule has 0 atom stereocenters. The topological polar surface area (TPSA) is 72.2 Å². The molecule has 0 aliphatic heterocycles. The zero-order valence-electron chi connectivity index (χ0n) is 8.73. The first-order valence-corrected chi connectivity index (χ1v) is 6.52. The largest absolute Gasteiger partial charge is 0.313 e. The van der Waals surface area contributed by atoms with Gasteiger partial charge in [0.15, 0.2) is 0 Å². The Kier molecular flexibility index (Phi) is 4.26. The Morgan fingerprint density at radius 2 is 1.73 bits per heavy atom. The molecule has 0 bridgehead atoms. The van der Waals surface area contributed by atoms with E-state index in [9.17, 15) is 8.42 Å². The van der Waals surface area contributed by atoms with E-state index in [4.69, 9.17) is 5.14 Å². The number of nitrogens with one attached hydrogen (secondary N) is 1. The molecule has 0 unspecified atom stereocenters. The van der Waals surface area contributed by atoms with E-state index in [1.165, 1.54) is 0 Å². The van der Waals surface area contributed by atoms with Crippen LogP contribution in [0.5, 0.6) is 0 Å². The monoisotopic (exact) mass is 228 g/mol. The number of hydrogen-bond acceptors (Lipinski definition) is 3. The van der Waals surface area contributed by atoms with Gasteiger partial charge in [0, 0.05) is 6.54 Å². The lowest BCUT2D eigenvalue weighted by Gasteiger charge is -2.03. The van der Waals surface area contributed by atoms with Gasteiger partial charge in [-0.25, -0.2) is 13.6 Å². The van der Waals surface area contributed by atoms with Crippen molar-refractivity contribution in [1.82, 2.24) is 5.32 Å². The molecule has 0 radical (unpaired) electrons. The summed E-state index contributed by atoms with van der Waals surface area (Å²) in [4.78, 5) is 0. The lowest BCUT2D eigenvalue weighted by molar-refractivity contribution is 0.597. The summed E-state index contributed by atoms with van der Waals surface area (Å²) in [6.45, 7) is 3.75. The van der Waals surface area contributed by atoms with Gasteiger partial charge in [-0.15, -0.1) is 0 Å². The van der Waals surface area contributed by atoms with E-state index in [1.807, 2.05) is 19.1 Å². The molecule has 84 valence electrons. The second-order valence-electron chi connectivity index (χ2n) is 3.40. The summed E-state index contributed by atoms with van der Waals surface area (Å²) in [6, 6.07) is 7.39. The predicted molar refractivity (Wildman–Crippen MR) is 60.6 cm³/mol. The van der Waals surface area contributed by atoms with Gasteiger partial charge in [0.25, 0.3) is 0 Å². The van der Waals surface area contributed by atoms with Crippen LogP contribution in [0.15, 0.2) is 24.3 Å². The van der Waals surface area contributed by atoms with Gasteiger partial charge in [0.2, 0.25) is 10.0 Å². The zero-order valence-corrected chi connectivity index (χ0v) is 9.55. The quantitative estimate of drug-likeness (QED) is 0.774. The second-order valence-corrected chi connectivity index (χ2v) is 5.02. The van der Waals surface area contributed by atoms with Crippen molar-refractivity contribution in [1.29, 1.82) is 0 Å². The van der Waals surface area contributed by atoms with Gasteiger partial charge in [-0.2, -0.15) is 0 Å². The van der Waals surface area contributed by atoms with E-state index in [-0.39, 0.29) is 5.75 Å². The summed E-state index contributed by atoms with van der Waals surface area (Å²) in [5, 5.41) is 8.13. The summed E-state index contributed by atoms with van der Waals surface area (Å²) in [5.74, 6) is -0.103. The fourth-order valence-corrected chi connectivity index (χ4v) is 1.91. The minimum absolute atomic E-state index is 0.103. The van der Waals surface area contributed by atoms with Crippen molar-refractivity contribution in [2.75, 3.05) is 6.54 Å². The smallest absolute Gasteiger partial charge is 0.213 e. The average Bonchev–Trinajstić information content (AvgIpc) is 2.14. The molecule has 0 heterocycles. The fraction of sp³-hybridized carbons (Fsp3) is 0.400. The van der Waals surface area contributed by atoms with Crippen LogP contribution in [0.1, 0.15) is 18.1 Å². The fourth-order valence-electron chi connectivity index (χ4n) is 1.25. The van der Waals surface area contributed by atoms with Gasteiger partial charge < -0.3 is 5.32 Å². The summed E-state index contributed by atoms with van der Waals surface area (Å²) >= 11 is 0. The molecule has 15 heavy (non-hydrogen) atoms. The van der Waals surface area contributed by atoms with Crippen LogP contribution in [0.2, 0.25) is 0 Å². The second kappa shape index (κ2) is 5.25. The highest BCUT2D eigenvalue weighted by molar-refractivity contribution is 7.88. The summed E-state index contributed by atoms with van der Waals surface area (Å²) in [5.41, 5.74) is 1.85. The SMILES string of the molecule is CCNCc1ccc(CS(N)(=O)=O)cc1. The Morgan fingerprint density at radius 1 is 1.20 bits per heavy atom. The average molecular weight is 228 g/mol. The number of sulfonamides is 1. The minimum atomic E-state index is -3.42. The van der Waals surface area contributed by atoms with E-state index in [2.05, 4.69) is 5.32 Å². The van der Waals surface area contributed by atoms with Crippen molar-refractivity contribution in [3.05, 3.63) is 35.4 Å². The first-order chi connectivity index (χ1) is 7.01. The zero-order chi connectivity index (χ0) is 11.3. The lowest BCUT2D eigenvalue weighted by Crippen LogP contribution is -2.15. The molecule has 0 amide bonds. The summed E-state index contributed by atoms with van der Waals surface area (Å²) in [6.07, 6.45) is 0. The van der Waals surface area contributed by atoms with Crippen molar-refractivity contribution < 1.29 is 8.42 Å². The van der Waals surface area contributed by atoms with E-state index in [1.54, 1.807) is 12.1 Å². The van der Waals surface area contributed by atoms with Gasteiger partial charge in [0.1, 0.15) is 0 Å². The maximum atomic E-state index is 10.8. The van der Waals surface area contributed by atoms with Crippen molar-refractivity contribution in [2.24, 2.45) is 5.14 Å². The molecule has 1 aromatic rings. The highest BCUT2D eigenvalue weighted by atomic mass is 32.2. The Labute approximate surface area is 90.5 Å². The van der Waals surface area contributed by atoms with Gasteiger partial charge in [-0.05, 0) is 17.7 Å². The Balaban J connectivity index is 2.64. The molecule has 0 saturated heterocycles. The van der Waals surface area contributed by atoms with Crippen molar-refractivity contribution in [3.8, 4) is 0 Å². The molecule has 0 saturated carbocycles. The Hall–Kier alpha value is -0.910. The molecule has 0 spiro atoms. The maximum Gasteiger partial charge on any atom is 0.213 e. The van der Waals surface area contributed by atoms with Crippen molar-refractivity contribution in [3.63, 3.8) is 0 Å². The first kappa shape index (κ1) is 12.2. The van der Waals surface area contributed by atoms with E-state index >= 15 is 0 Å². The third-order valence-electron chi connectivity index (χ3n) is 1.97. The number of primary sulfonamides is 1. The third kappa shape index (κ3) is 4.92. The van der Waals surface area contributed by atoms with Crippen molar-refractivity contribution >= 4 is 10.0 Å². The molecule has 1 rings (SSSR count). The molecule has 1 aromatic carbocycles. The molecule has 0 fully saturated rings. The van der Waals surface area contributed by atoms with Gasteiger partial charge in [-0.3, -0.25) is 0 Å². The van der Waals surface area contributed by atoms with Gasteiger partial charge in [-0.1, -0.05) is 31.2 Å². The van der Waals surface area contributed by atoms with E-state index < -0.39 is 10.0 Å². The number of benzene rings is 1. The van der Waals surface area contributed by atoms with Crippen LogP contribution in [0.25, 0.3) is 0 Å². The first-order valence-electron chi connectivity index (χ1n) is 4.80. The predicted octanol–water partition coefficient (Wildman–Crippen LogP) is 0.585. The molecule has 0 aliphatic rings. The molecule has 0 aliphatic carbocycles. The van der Waals surface area contributed by atoms with Crippen LogP contribution in [-0.2, 0) is 22.3 Å². The van der Waals surface area contributed by atoms with Crippen molar-refractivity contribution in [2.45, 2.75) is 19.2 Å². The highest BCUT2D eigenvalue weighted by Gasteiger charge is 2.04. The number of hydrogen-bond donors (Lipinski definition) is 2. The number of rotatable bonds is 5. The van der Waals surface area contributed by atoms with Crippen LogP contribution in [0.4, 0.5) is 0 Å². The third-order valence-corrected chi connectivity index (χ3v) is 2.71. The highest BCUT2D eigenvalue weighted by Crippen LogP contribution is 2.06. The van der Waals surface area contributed by atoms with E-state index in [0.717, 1.165) is 24.2 Å². The molecule has 0 aromatic heterocycles. The Bertz CT molecular complexity index is 398. The minimum Gasteiger partial charge on any atom is -0.313 e. The van der Waals surface area contributed by atoms with Crippen LogP contribution < -0.4 is 10.5 Å². The van der Waals surface area contributed by atoms with Gasteiger partial charge in [0.05, 0.1) is 5.75 Å².